The highest BCUT2D eigenvalue weighted by molar-refractivity contribution is 7.80. The molecule has 0 aromatic heterocycles. The second-order valence-corrected chi connectivity index (χ2v) is 6.51. The number of hydrogen-bond donors (Lipinski definition) is 1. The van der Waals surface area contributed by atoms with Gasteiger partial charge in [0.2, 0.25) is 0 Å². The van der Waals surface area contributed by atoms with E-state index in [0.717, 1.165) is 18.7 Å². The van der Waals surface area contributed by atoms with Crippen LogP contribution in [0.3, 0.4) is 0 Å². The van der Waals surface area contributed by atoms with Gasteiger partial charge in [-0.3, -0.25) is 4.90 Å². The Labute approximate surface area is 130 Å². The first-order chi connectivity index (χ1) is 9.65. The summed E-state index contributed by atoms with van der Waals surface area (Å²) >= 11 is 11.3. The summed E-state index contributed by atoms with van der Waals surface area (Å²) in [6.07, 6.45) is 3.95. The van der Waals surface area contributed by atoms with Crippen molar-refractivity contribution in [3.63, 3.8) is 0 Å². The van der Waals surface area contributed by atoms with E-state index in [-0.39, 0.29) is 0 Å². The van der Waals surface area contributed by atoms with Gasteiger partial charge in [-0.1, -0.05) is 23.8 Å². The van der Waals surface area contributed by atoms with Crippen LogP contribution in [0.5, 0.6) is 0 Å². The summed E-state index contributed by atoms with van der Waals surface area (Å²) in [6.45, 7) is 4.73. The fraction of sp³-hybridized carbons (Fsp3) is 0.533. The monoisotopic (exact) mass is 309 g/mol. The highest BCUT2D eigenvalue weighted by atomic mass is 35.5. The fourth-order valence-electron chi connectivity index (χ4n) is 3.28. The molecule has 0 spiro atoms. The van der Waals surface area contributed by atoms with Crippen LogP contribution in [-0.4, -0.2) is 42.1 Å². The van der Waals surface area contributed by atoms with E-state index in [2.05, 4.69) is 15.9 Å². The van der Waals surface area contributed by atoms with Crippen molar-refractivity contribution in [2.75, 3.05) is 31.1 Å². The number of nitrogens with two attached hydrogens (primary N) is 1. The molecule has 0 bridgehead atoms. The molecule has 20 heavy (non-hydrogen) atoms. The number of benzene rings is 1. The molecule has 2 heterocycles. The van der Waals surface area contributed by atoms with Crippen LogP contribution in [0.15, 0.2) is 18.2 Å². The molecule has 1 aromatic rings. The third kappa shape index (κ3) is 2.78. The van der Waals surface area contributed by atoms with E-state index in [4.69, 9.17) is 29.6 Å². The maximum atomic E-state index is 6.26. The lowest BCUT2D eigenvalue weighted by atomic mass is 10.2. The maximum Gasteiger partial charge on any atom is 0.105 e. The molecular weight excluding hydrogens is 290 g/mol. The minimum Gasteiger partial charge on any atom is -0.389 e. The first-order valence-electron chi connectivity index (χ1n) is 7.23. The van der Waals surface area contributed by atoms with E-state index < -0.39 is 0 Å². The molecule has 1 aromatic carbocycles. The third-order valence-corrected chi connectivity index (χ3v) is 4.94. The van der Waals surface area contributed by atoms with Crippen molar-refractivity contribution in [2.24, 2.45) is 5.73 Å². The van der Waals surface area contributed by atoms with Gasteiger partial charge in [0, 0.05) is 30.4 Å². The molecule has 0 aliphatic carbocycles. The largest absolute Gasteiger partial charge is 0.389 e. The standard InChI is InChI=1S/C15H20ClN3S/c16-14-9-11(3-4-13(14)15(17)20)19-8-5-12(10-19)18-6-1-2-7-18/h3-4,9,12H,1-2,5-8,10H2,(H2,17,20). The van der Waals surface area contributed by atoms with Gasteiger partial charge in [0.25, 0.3) is 0 Å². The molecule has 0 saturated carbocycles. The van der Waals surface area contributed by atoms with E-state index >= 15 is 0 Å². The minimum atomic E-state index is 0.359. The Hall–Kier alpha value is -0.840. The SMILES string of the molecule is NC(=S)c1ccc(N2CCC(N3CCCC3)C2)cc1Cl. The van der Waals surface area contributed by atoms with E-state index in [0.29, 0.717) is 16.1 Å². The first kappa shape index (κ1) is 14.1. The molecule has 2 aliphatic heterocycles. The Morgan fingerprint density at radius 1 is 1.25 bits per heavy atom. The molecule has 1 unspecified atom stereocenters. The second-order valence-electron chi connectivity index (χ2n) is 5.66. The van der Waals surface area contributed by atoms with Crippen LogP contribution in [0.4, 0.5) is 5.69 Å². The highest BCUT2D eigenvalue weighted by Crippen LogP contribution is 2.28. The van der Waals surface area contributed by atoms with Crippen molar-refractivity contribution in [1.29, 1.82) is 0 Å². The van der Waals surface area contributed by atoms with E-state index in [9.17, 15) is 0 Å². The lowest BCUT2D eigenvalue weighted by molar-refractivity contribution is 0.260. The predicted molar refractivity (Wildman–Crippen MR) is 88.8 cm³/mol. The molecule has 3 nitrogen and oxygen atoms in total. The third-order valence-electron chi connectivity index (χ3n) is 4.40. The van der Waals surface area contributed by atoms with Gasteiger partial charge in [-0.05, 0) is 50.6 Å². The highest BCUT2D eigenvalue weighted by Gasteiger charge is 2.29. The smallest absolute Gasteiger partial charge is 0.105 e. The average molecular weight is 310 g/mol. The first-order valence-corrected chi connectivity index (χ1v) is 8.02. The predicted octanol–water partition coefficient (Wildman–Crippen LogP) is 2.65. The summed E-state index contributed by atoms with van der Waals surface area (Å²) in [5.41, 5.74) is 7.59. The van der Waals surface area contributed by atoms with Crippen molar-refractivity contribution in [3.05, 3.63) is 28.8 Å². The molecule has 2 saturated heterocycles. The average Bonchev–Trinajstić information content (AvgIpc) is 3.09. The van der Waals surface area contributed by atoms with Crippen LogP contribution in [0.1, 0.15) is 24.8 Å². The zero-order valence-electron chi connectivity index (χ0n) is 11.5. The molecule has 0 amide bonds. The van der Waals surface area contributed by atoms with Crippen LogP contribution >= 0.6 is 23.8 Å². The van der Waals surface area contributed by atoms with Crippen molar-refractivity contribution in [2.45, 2.75) is 25.3 Å². The van der Waals surface area contributed by atoms with Gasteiger partial charge in [0.1, 0.15) is 4.99 Å². The number of thiocarbonyl (C=S) groups is 1. The molecule has 2 N–H and O–H groups in total. The Morgan fingerprint density at radius 3 is 2.65 bits per heavy atom. The number of halogens is 1. The number of nitrogens with zero attached hydrogens (tertiary/aromatic N) is 2. The van der Waals surface area contributed by atoms with Gasteiger partial charge in [0.05, 0.1) is 5.02 Å². The molecule has 2 aliphatic rings. The van der Waals surface area contributed by atoms with Gasteiger partial charge < -0.3 is 10.6 Å². The summed E-state index contributed by atoms with van der Waals surface area (Å²) in [5.74, 6) is 0. The van der Waals surface area contributed by atoms with Gasteiger partial charge in [-0.25, -0.2) is 0 Å². The van der Waals surface area contributed by atoms with Crippen molar-refractivity contribution in [3.8, 4) is 0 Å². The Kier molecular flexibility index (Phi) is 4.15. The van der Waals surface area contributed by atoms with Crippen LogP contribution in [0, 0.1) is 0 Å². The maximum absolute atomic E-state index is 6.26. The topological polar surface area (TPSA) is 32.5 Å². The normalized spacial score (nSPS) is 23.4. The number of anilines is 1. The van der Waals surface area contributed by atoms with Crippen molar-refractivity contribution >= 4 is 34.5 Å². The Morgan fingerprint density at radius 2 is 2.00 bits per heavy atom. The second kappa shape index (κ2) is 5.88. The Balaban J connectivity index is 1.71. The summed E-state index contributed by atoms with van der Waals surface area (Å²) in [5, 5.41) is 0.652. The van der Waals surface area contributed by atoms with Gasteiger partial charge in [0.15, 0.2) is 0 Å². The number of likely N-dealkylation sites (tertiary alicyclic amines) is 1. The van der Waals surface area contributed by atoms with Gasteiger partial charge in [-0.2, -0.15) is 0 Å². The Bertz CT molecular complexity index is 514. The summed E-state index contributed by atoms with van der Waals surface area (Å²) < 4.78 is 0. The van der Waals surface area contributed by atoms with Crippen LogP contribution in [-0.2, 0) is 0 Å². The van der Waals surface area contributed by atoms with Crippen molar-refractivity contribution in [1.82, 2.24) is 4.90 Å². The molecule has 2 fully saturated rings. The van der Waals surface area contributed by atoms with Crippen LogP contribution in [0.25, 0.3) is 0 Å². The quantitative estimate of drug-likeness (QED) is 0.870. The van der Waals surface area contributed by atoms with Gasteiger partial charge >= 0.3 is 0 Å². The van der Waals surface area contributed by atoms with E-state index in [1.807, 2.05) is 12.1 Å². The van der Waals surface area contributed by atoms with E-state index in [1.54, 1.807) is 0 Å². The molecule has 5 heteroatoms. The zero-order valence-corrected chi connectivity index (χ0v) is 13.1. The zero-order chi connectivity index (χ0) is 14.1. The lowest BCUT2D eigenvalue weighted by Gasteiger charge is -2.24. The van der Waals surface area contributed by atoms with Crippen LogP contribution in [0.2, 0.25) is 5.02 Å². The fourth-order valence-corrected chi connectivity index (χ4v) is 3.79. The molecule has 1 atom stereocenters. The summed E-state index contributed by atoms with van der Waals surface area (Å²) in [6, 6.07) is 6.70. The summed E-state index contributed by atoms with van der Waals surface area (Å²) in [4.78, 5) is 5.40. The van der Waals surface area contributed by atoms with Crippen LogP contribution < -0.4 is 10.6 Å². The number of rotatable bonds is 3. The summed E-state index contributed by atoms with van der Waals surface area (Å²) in [7, 11) is 0. The molecule has 108 valence electrons. The number of hydrogen-bond acceptors (Lipinski definition) is 3. The molecular formula is C15H20ClN3S. The molecule has 3 rings (SSSR count). The van der Waals surface area contributed by atoms with Crippen molar-refractivity contribution < 1.29 is 0 Å². The molecule has 0 radical (unpaired) electrons. The van der Waals surface area contributed by atoms with E-state index in [1.165, 1.54) is 38.0 Å². The minimum absolute atomic E-state index is 0.359. The van der Waals surface area contributed by atoms with Gasteiger partial charge in [-0.15, -0.1) is 0 Å². The lowest BCUT2D eigenvalue weighted by Crippen LogP contribution is -2.35.